The van der Waals surface area contributed by atoms with Crippen molar-refractivity contribution in [2.24, 2.45) is 0 Å². The molecule has 0 amide bonds. The summed E-state index contributed by atoms with van der Waals surface area (Å²) in [6.45, 7) is 0. The lowest BCUT2D eigenvalue weighted by Crippen LogP contribution is -1.72. The first kappa shape index (κ1) is 6.01. The molecule has 2 aromatic heterocycles. The van der Waals surface area contributed by atoms with Crippen LogP contribution in [0.15, 0.2) is 12.1 Å². The van der Waals surface area contributed by atoms with Crippen LogP contribution in [0.1, 0.15) is 0 Å². The fraction of sp³-hybridized carbons (Fsp3) is 0. The first-order valence-electron chi connectivity index (χ1n) is 3.36. The van der Waals surface area contributed by atoms with Gasteiger partial charge in [-0.3, -0.25) is 0 Å². The number of hydrogen-bond acceptors (Lipinski definition) is 5. The predicted octanol–water partition coefficient (Wildman–Crippen LogP) is 0.963. The molecule has 0 aliphatic rings. The summed E-state index contributed by atoms with van der Waals surface area (Å²) in [5, 5.41) is 15.4. The molecule has 0 fully saturated rings. The number of rotatable bonds is 0. The van der Waals surface area contributed by atoms with Gasteiger partial charge in [-0.05, 0) is 28.9 Å². The molecule has 58 valence electrons. The largest absolute Gasteiger partial charge is 0.231 e. The van der Waals surface area contributed by atoms with Crippen LogP contribution in [0.3, 0.4) is 0 Å². The third-order valence-electron chi connectivity index (χ3n) is 1.70. The van der Waals surface area contributed by atoms with E-state index in [2.05, 4.69) is 25.0 Å². The summed E-state index contributed by atoms with van der Waals surface area (Å²) in [4.78, 5) is 0. The van der Waals surface area contributed by atoms with Gasteiger partial charge in [-0.25, -0.2) is 4.49 Å². The van der Waals surface area contributed by atoms with Gasteiger partial charge in [0.1, 0.15) is 16.6 Å². The molecule has 0 radical (unpaired) electrons. The Bertz CT molecular complexity index is 489. The van der Waals surface area contributed by atoms with Crippen LogP contribution in [0, 0.1) is 0 Å². The number of H-pyrrole nitrogens is 1. The lowest BCUT2D eigenvalue weighted by Gasteiger charge is -1.84. The molecule has 0 atom stereocenters. The zero-order valence-electron chi connectivity index (χ0n) is 5.85. The first-order valence-corrected chi connectivity index (χ1v) is 4.18. The Morgan fingerprint density at radius 1 is 1.17 bits per heavy atom. The second-order valence-corrected chi connectivity index (χ2v) is 3.20. The van der Waals surface area contributed by atoms with Crippen LogP contribution in [-0.2, 0) is 0 Å². The van der Waals surface area contributed by atoms with Crippen LogP contribution < -0.4 is 0 Å². The van der Waals surface area contributed by atoms with Gasteiger partial charge in [0.2, 0.25) is 0 Å². The van der Waals surface area contributed by atoms with E-state index in [-0.39, 0.29) is 0 Å². The van der Waals surface area contributed by atoms with Crippen molar-refractivity contribution in [3.63, 3.8) is 0 Å². The molecular formula is C6H3N5S. The highest BCUT2D eigenvalue weighted by molar-refractivity contribution is 7.13. The second-order valence-electron chi connectivity index (χ2n) is 2.37. The summed E-state index contributed by atoms with van der Waals surface area (Å²) >= 11 is 1.47. The molecular weight excluding hydrogens is 174 g/mol. The van der Waals surface area contributed by atoms with Crippen LogP contribution in [0.5, 0.6) is 0 Å². The van der Waals surface area contributed by atoms with Crippen molar-refractivity contribution in [1.29, 1.82) is 0 Å². The molecule has 1 N–H and O–H groups in total. The zero-order valence-corrected chi connectivity index (χ0v) is 6.67. The topological polar surface area (TPSA) is 67.3 Å². The summed E-state index contributed by atoms with van der Waals surface area (Å²) < 4.78 is 3.89. The SMILES string of the molecule is c1cc2s[nH]nc2c2nnnc12. The molecule has 0 saturated carbocycles. The van der Waals surface area contributed by atoms with E-state index in [9.17, 15) is 0 Å². The Morgan fingerprint density at radius 3 is 3.17 bits per heavy atom. The monoisotopic (exact) mass is 177 g/mol. The smallest absolute Gasteiger partial charge is 0.144 e. The number of aromatic amines is 1. The highest BCUT2D eigenvalue weighted by Crippen LogP contribution is 2.21. The van der Waals surface area contributed by atoms with E-state index in [1.807, 2.05) is 12.1 Å². The van der Waals surface area contributed by atoms with Crippen molar-refractivity contribution in [2.75, 3.05) is 0 Å². The van der Waals surface area contributed by atoms with Gasteiger partial charge in [0.15, 0.2) is 0 Å². The van der Waals surface area contributed by atoms with Crippen molar-refractivity contribution in [2.45, 2.75) is 0 Å². The van der Waals surface area contributed by atoms with E-state index in [0.29, 0.717) is 0 Å². The van der Waals surface area contributed by atoms with E-state index < -0.39 is 0 Å². The van der Waals surface area contributed by atoms with E-state index >= 15 is 0 Å². The van der Waals surface area contributed by atoms with Gasteiger partial charge >= 0.3 is 0 Å². The van der Waals surface area contributed by atoms with Crippen molar-refractivity contribution < 1.29 is 0 Å². The van der Waals surface area contributed by atoms with Crippen molar-refractivity contribution >= 4 is 32.8 Å². The minimum Gasteiger partial charge on any atom is -0.231 e. The Kier molecular flexibility index (Phi) is 0.991. The lowest BCUT2D eigenvalue weighted by molar-refractivity contribution is 0.959. The maximum absolute atomic E-state index is 4.07. The summed E-state index contributed by atoms with van der Waals surface area (Å²) in [6.07, 6.45) is 0. The van der Waals surface area contributed by atoms with E-state index in [0.717, 1.165) is 21.3 Å². The van der Waals surface area contributed by atoms with Gasteiger partial charge in [0, 0.05) is 0 Å². The molecule has 0 saturated heterocycles. The minimum absolute atomic E-state index is 0.769. The normalized spacial score (nSPS) is 11.3. The van der Waals surface area contributed by atoms with Crippen LogP contribution >= 0.6 is 11.5 Å². The summed E-state index contributed by atoms with van der Waals surface area (Å²) in [7, 11) is 0. The molecule has 1 aromatic carbocycles. The van der Waals surface area contributed by atoms with Gasteiger partial charge in [-0.1, -0.05) is 0 Å². The summed E-state index contributed by atoms with van der Waals surface area (Å²) in [5.74, 6) is 0. The predicted molar refractivity (Wildman–Crippen MR) is 44.9 cm³/mol. The maximum atomic E-state index is 4.07. The number of aromatic nitrogens is 5. The molecule has 5 nitrogen and oxygen atoms in total. The average Bonchev–Trinajstić information content (AvgIpc) is 2.71. The molecule has 0 spiro atoms. The highest BCUT2D eigenvalue weighted by atomic mass is 32.1. The Balaban J connectivity index is 2.71. The quantitative estimate of drug-likeness (QED) is 0.555. The van der Waals surface area contributed by atoms with Gasteiger partial charge in [-0.2, -0.15) is 5.10 Å². The molecule has 3 aromatic rings. The Labute approximate surface area is 70.6 Å². The number of nitrogens with one attached hydrogen (secondary N) is 1. The van der Waals surface area contributed by atoms with Gasteiger partial charge in [-0.15, -0.1) is 10.2 Å². The lowest BCUT2D eigenvalue weighted by atomic mass is 10.3. The van der Waals surface area contributed by atoms with Crippen molar-refractivity contribution in [1.82, 2.24) is 25.0 Å². The molecule has 12 heavy (non-hydrogen) atoms. The van der Waals surface area contributed by atoms with Crippen LogP contribution in [0.25, 0.3) is 21.3 Å². The molecule has 6 heteroatoms. The number of benzene rings is 1. The third-order valence-corrected chi connectivity index (χ3v) is 2.44. The molecule has 2 heterocycles. The number of nitrogens with zero attached hydrogens (tertiary/aromatic N) is 4. The molecule has 3 rings (SSSR count). The van der Waals surface area contributed by atoms with Gasteiger partial charge in [0.05, 0.1) is 4.70 Å². The summed E-state index contributed by atoms with van der Waals surface area (Å²) in [5.41, 5.74) is 2.41. The molecule has 0 unspecified atom stereocenters. The minimum atomic E-state index is 0.769. The van der Waals surface area contributed by atoms with Crippen LogP contribution in [-0.4, -0.2) is 25.0 Å². The fourth-order valence-corrected chi connectivity index (χ4v) is 1.76. The van der Waals surface area contributed by atoms with Gasteiger partial charge in [0.25, 0.3) is 0 Å². The summed E-state index contributed by atoms with van der Waals surface area (Å²) in [6, 6.07) is 3.85. The fourth-order valence-electron chi connectivity index (χ4n) is 1.15. The molecule has 0 aliphatic carbocycles. The zero-order chi connectivity index (χ0) is 7.97. The van der Waals surface area contributed by atoms with Crippen molar-refractivity contribution in [3.05, 3.63) is 12.1 Å². The van der Waals surface area contributed by atoms with Gasteiger partial charge < -0.3 is 0 Å². The molecule has 0 aliphatic heterocycles. The van der Waals surface area contributed by atoms with E-state index in [1.54, 1.807) is 0 Å². The maximum Gasteiger partial charge on any atom is 0.144 e. The highest BCUT2D eigenvalue weighted by Gasteiger charge is 2.06. The average molecular weight is 177 g/mol. The van der Waals surface area contributed by atoms with Crippen LogP contribution in [0.2, 0.25) is 0 Å². The van der Waals surface area contributed by atoms with E-state index in [4.69, 9.17) is 0 Å². The van der Waals surface area contributed by atoms with Crippen LogP contribution in [0.4, 0.5) is 0 Å². The van der Waals surface area contributed by atoms with E-state index in [1.165, 1.54) is 11.5 Å². The third kappa shape index (κ3) is 0.620. The second kappa shape index (κ2) is 1.98. The Hall–Kier alpha value is -1.56. The number of hydrogen-bond donors (Lipinski definition) is 1. The standard InChI is InChI=1S/C6H3N5S/c1-2-4-6(9-11-12-4)5-3(1)7-10-8-5/h1-2,11H. The first-order chi connectivity index (χ1) is 5.95. The Morgan fingerprint density at radius 2 is 2.17 bits per heavy atom. The molecule has 0 bridgehead atoms. The number of fused-ring (bicyclic) bond motifs is 3. The van der Waals surface area contributed by atoms with Crippen molar-refractivity contribution in [3.8, 4) is 0 Å².